The lowest BCUT2D eigenvalue weighted by Crippen LogP contribution is -2.32. The first-order chi connectivity index (χ1) is 9.97. The van der Waals surface area contributed by atoms with Gasteiger partial charge in [0.1, 0.15) is 5.82 Å². The summed E-state index contributed by atoms with van der Waals surface area (Å²) in [4.78, 5) is 17.1. The lowest BCUT2D eigenvalue weighted by molar-refractivity contribution is -0.137. The van der Waals surface area contributed by atoms with E-state index in [1.807, 2.05) is 24.8 Å². The Kier molecular flexibility index (Phi) is 4.85. The molecule has 2 aromatic rings. The maximum Gasteiger partial charge on any atom is 0.304 e. The van der Waals surface area contributed by atoms with Gasteiger partial charge in [0, 0.05) is 30.7 Å². The second kappa shape index (κ2) is 6.63. The van der Waals surface area contributed by atoms with E-state index in [1.165, 1.54) is 12.1 Å². The number of pyridine rings is 1. The number of carboxylic acids is 1. The van der Waals surface area contributed by atoms with Gasteiger partial charge in [0.2, 0.25) is 0 Å². The molecule has 0 fully saturated rings. The number of hydrogen-bond acceptors (Lipinski definition) is 3. The number of aliphatic carboxylic acids is 1. The summed E-state index contributed by atoms with van der Waals surface area (Å²) in [6, 6.07) is 6.71. The topological polar surface area (TPSA) is 53.4 Å². The zero-order valence-electron chi connectivity index (χ0n) is 12.2. The van der Waals surface area contributed by atoms with Crippen molar-refractivity contribution in [2.75, 3.05) is 6.54 Å². The number of halogens is 1. The van der Waals surface area contributed by atoms with Crippen LogP contribution in [0.4, 0.5) is 4.39 Å². The lowest BCUT2D eigenvalue weighted by atomic mass is 10.1. The van der Waals surface area contributed by atoms with E-state index in [4.69, 9.17) is 5.11 Å². The van der Waals surface area contributed by atoms with Crippen molar-refractivity contribution in [2.24, 2.45) is 0 Å². The van der Waals surface area contributed by atoms with Gasteiger partial charge in [-0.2, -0.15) is 0 Å². The molecular formula is C16H19FN2O2. The summed E-state index contributed by atoms with van der Waals surface area (Å²) in [6.45, 7) is 4.90. The van der Waals surface area contributed by atoms with E-state index in [0.717, 1.165) is 16.5 Å². The third kappa shape index (κ3) is 3.98. The molecule has 0 unspecified atom stereocenters. The van der Waals surface area contributed by atoms with E-state index in [0.29, 0.717) is 13.1 Å². The molecule has 2 rings (SSSR count). The highest BCUT2D eigenvalue weighted by atomic mass is 19.1. The van der Waals surface area contributed by atoms with Crippen molar-refractivity contribution >= 4 is 16.9 Å². The molecule has 0 bridgehead atoms. The molecule has 4 nitrogen and oxygen atoms in total. The van der Waals surface area contributed by atoms with Crippen molar-refractivity contribution in [3.8, 4) is 0 Å². The Morgan fingerprint density at radius 3 is 2.86 bits per heavy atom. The number of carboxylic acid groups (broad SMARTS) is 1. The number of hydrogen-bond donors (Lipinski definition) is 1. The molecular weight excluding hydrogens is 271 g/mol. The summed E-state index contributed by atoms with van der Waals surface area (Å²) in [7, 11) is 0. The normalized spacial score (nSPS) is 11.5. The highest BCUT2D eigenvalue weighted by Crippen LogP contribution is 2.20. The second-order valence-corrected chi connectivity index (χ2v) is 5.35. The molecule has 0 radical (unpaired) electrons. The zero-order chi connectivity index (χ0) is 15.4. The molecule has 0 spiro atoms. The summed E-state index contributed by atoms with van der Waals surface area (Å²) in [5.74, 6) is -1.13. The molecule has 1 aromatic heterocycles. The number of carbonyl (C=O) groups is 1. The highest BCUT2D eigenvalue weighted by Gasteiger charge is 2.14. The molecule has 1 N–H and O–H groups in total. The van der Waals surface area contributed by atoms with E-state index in [-0.39, 0.29) is 18.3 Å². The summed E-state index contributed by atoms with van der Waals surface area (Å²) in [5.41, 5.74) is 1.55. The average Bonchev–Trinajstić information content (AvgIpc) is 2.42. The quantitative estimate of drug-likeness (QED) is 0.888. The Morgan fingerprint density at radius 2 is 2.19 bits per heavy atom. The fourth-order valence-electron chi connectivity index (χ4n) is 2.33. The minimum atomic E-state index is -0.831. The maximum atomic E-state index is 13.7. The van der Waals surface area contributed by atoms with Gasteiger partial charge in [-0.1, -0.05) is 6.07 Å². The number of rotatable bonds is 6. The Hall–Kier alpha value is -2.01. The summed E-state index contributed by atoms with van der Waals surface area (Å²) >= 11 is 0. The van der Waals surface area contributed by atoms with Gasteiger partial charge in [-0.25, -0.2) is 4.39 Å². The van der Waals surface area contributed by atoms with Gasteiger partial charge >= 0.3 is 5.97 Å². The summed E-state index contributed by atoms with van der Waals surface area (Å²) < 4.78 is 13.7. The van der Waals surface area contributed by atoms with Crippen LogP contribution in [-0.2, 0) is 11.3 Å². The molecule has 0 saturated carbocycles. The van der Waals surface area contributed by atoms with Crippen LogP contribution in [0, 0.1) is 5.82 Å². The predicted octanol–water partition coefficient (Wildman–Crippen LogP) is 3.06. The van der Waals surface area contributed by atoms with Crippen LogP contribution in [0.1, 0.15) is 25.8 Å². The lowest BCUT2D eigenvalue weighted by Gasteiger charge is -2.26. The van der Waals surface area contributed by atoms with Crippen LogP contribution in [-0.4, -0.2) is 33.5 Å². The molecule has 0 aliphatic rings. The minimum absolute atomic E-state index is 0.0683. The first kappa shape index (κ1) is 15.4. The van der Waals surface area contributed by atoms with Gasteiger partial charge < -0.3 is 5.11 Å². The minimum Gasteiger partial charge on any atom is -0.481 e. The van der Waals surface area contributed by atoms with Gasteiger partial charge in [0.25, 0.3) is 0 Å². The molecule has 1 heterocycles. The van der Waals surface area contributed by atoms with Crippen LogP contribution in [0.25, 0.3) is 10.9 Å². The highest BCUT2D eigenvalue weighted by molar-refractivity contribution is 5.81. The van der Waals surface area contributed by atoms with Crippen LogP contribution in [0.5, 0.6) is 0 Å². The molecule has 21 heavy (non-hydrogen) atoms. The largest absolute Gasteiger partial charge is 0.481 e. The number of benzene rings is 1. The molecule has 0 amide bonds. The first-order valence-corrected chi connectivity index (χ1v) is 6.96. The number of fused-ring (bicyclic) bond motifs is 1. The Labute approximate surface area is 123 Å². The van der Waals surface area contributed by atoms with Crippen LogP contribution < -0.4 is 0 Å². The smallest absolute Gasteiger partial charge is 0.304 e. The molecule has 5 heteroatoms. The SMILES string of the molecule is CC(C)N(CCC(=O)O)Cc1cc(F)cc2cccnc12. The fourth-order valence-corrected chi connectivity index (χ4v) is 2.33. The molecule has 0 aliphatic carbocycles. The Bertz CT molecular complexity index is 643. The zero-order valence-corrected chi connectivity index (χ0v) is 12.2. The second-order valence-electron chi connectivity index (χ2n) is 5.35. The van der Waals surface area contributed by atoms with Crippen LogP contribution in [0.3, 0.4) is 0 Å². The van der Waals surface area contributed by atoms with Crippen molar-refractivity contribution < 1.29 is 14.3 Å². The summed E-state index contributed by atoms with van der Waals surface area (Å²) in [5, 5.41) is 9.59. The van der Waals surface area contributed by atoms with E-state index in [1.54, 1.807) is 12.3 Å². The van der Waals surface area contributed by atoms with E-state index >= 15 is 0 Å². The van der Waals surface area contributed by atoms with Crippen molar-refractivity contribution in [3.63, 3.8) is 0 Å². The van der Waals surface area contributed by atoms with Gasteiger partial charge in [-0.05, 0) is 37.6 Å². The van der Waals surface area contributed by atoms with Crippen LogP contribution in [0.15, 0.2) is 30.5 Å². The van der Waals surface area contributed by atoms with Gasteiger partial charge in [-0.15, -0.1) is 0 Å². The van der Waals surface area contributed by atoms with E-state index < -0.39 is 5.97 Å². The summed E-state index contributed by atoms with van der Waals surface area (Å²) in [6.07, 6.45) is 1.75. The molecule has 0 saturated heterocycles. The maximum absolute atomic E-state index is 13.7. The number of aromatic nitrogens is 1. The van der Waals surface area contributed by atoms with Crippen molar-refractivity contribution in [3.05, 3.63) is 41.8 Å². The van der Waals surface area contributed by atoms with Crippen molar-refractivity contribution in [1.29, 1.82) is 0 Å². The van der Waals surface area contributed by atoms with Crippen molar-refractivity contribution in [2.45, 2.75) is 32.9 Å². The van der Waals surface area contributed by atoms with Gasteiger partial charge in [0.05, 0.1) is 11.9 Å². The molecule has 0 aliphatic heterocycles. The molecule has 1 aromatic carbocycles. The monoisotopic (exact) mass is 290 g/mol. The van der Waals surface area contributed by atoms with Gasteiger partial charge in [0.15, 0.2) is 0 Å². The van der Waals surface area contributed by atoms with E-state index in [2.05, 4.69) is 4.98 Å². The van der Waals surface area contributed by atoms with Crippen LogP contribution in [0.2, 0.25) is 0 Å². The predicted molar refractivity (Wildman–Crippen MR) is 79.5 cm³/mol. The molecule has 0 atom stereocenters. The third-order valence-electron chi connectivity index (χ3n) is 3.47. The average molecular weight is 290 g/mol. The standard InChI is InChI=1S/C16H19FN2O2/c1-11(2)19(7-5-15(20)21)10-13-9-14(17)8-12-4-3-6-18-16(12)13/h3-4,6,8-9,11H,5,7,10H2,1-2H3,(H,20,21). The molecule has 112 valence electrons. The number of nitrogens with zero attached hydrogens (tertiary/aromatic N) is 2. The first-order valence-electron chi connectivity index (χ1n) is 6.96. The Morgan fingerprint density at radius 1 is 1.43 bits per heavy atom. The van der Waals surface area contributed by atoms with Crippen LogP contribution >= 0.6 is 0 Å². The van der Waals surface area contributed by atoms with Crippen molar-refractivity contribution in [1.82, 2.24) is 9.88 Å². The van der Waals surface area contributed by atoms with E-state index in [9.17, 15) is 9.18 Å². The Balaban J connectivity index is 2.29. The van der Waals surface area contributed by atoms with Gasteiger partial charge in [-0.3, -0.25) is 14.7 Å². The third-order valence-corrected chi connectivity index (χ3v) is 3.47. The fraction of sp³-hybridized carbons (Fsp3) is 0.375.